The van der Waals surface area contributed by atoms with E-state index in [0.29, 0.717) is 17.7 Å². The van der Waals surface area contributed by atoms with Crippen LogP contribution in [0, 0.1) is 5.92 Å². The van der Waals surface area contributed by atoms with E-state index in [2.05, 4.69) is 15.0 Å². The maximum atomic E-state index is 13.2. The minimum Gasteiger partial charge on any atom is -0.389 e. The SMILES string of the molecule is CC(C)[C@H]1O[C@@H](c2ccncc2CC(=O)c2nc(-c3ccccc3)cnc2N)C[C@@H](N)[C@@H]1O. The highest BCUT2D eigenvalue weighted by Crippen LogP contribution is 2.35. The van der Waals surface area contributed by atoms with Crippen molar-refractivity contribution >= 4 is 11.6 Å². The Morgan fingerprint density at radius 3 is 2.70 bits per heavy atom. The molecule has 8 heteroatoms. The Kier molecular flexibility index (Phi) is 6.78. The second kappa shape index (κ2) is 9.74. The highest BCUT2D eigenvalue weighted by Gasteiger charge is 2.38. The summed E-state index contributed by atoms with van der Waals surface area (Å²) < 4.78 is 6.22. The maximum absolute atomic E-state index is 13.2. The number of anilines is 1. The number of hydrogen-bond acceptors (Lipinski definition) is 8. The summed E-state index contributed by atoms with van der Waals surface area (Å²) in [6.45, 7) is 3.97. The molecular weight excluding hydrogens is 418 g/mol. The third-order valence-electron chi connectivity index (χ3n) is 6.01. The smallest absolute Gasteiger partial charge is 0.189 e. The molecule has 0 amide bonds. The Morgan fingerprint density at radius 2 is 1.97 bits per heavy atom. The molecule has 33 heavy (non-hydrogen) atoms. The maximum Gasteiger partial charge on any atom is 0.189 e. The second-order valence-corrected chi connectivity index (χ2v) is 8.75. The van der Waals surface area contributed by atoms with Crippen LogP contribution in [0.4, 0.5) is 5.82 Å². The van der Waals surface area contributed by atoms with E-state index in [1.807, 2.05) is 50.2 Å². The van der Waals surface area contributed by atoms with Crippen molar-refractivity contribution in [3.05, 3.63) is 71.8 Å². The van der Waals surface area contributed by atoms with Gasteiger partial charge in [0, 0.05) is 30.4 Å². The van der Waals surface area contributed by atoms with Gasteiger partial charge < -0.3 is 21.3 Å². The molecule has 0 spiro atoms. The summed E-state index contributed by atoms with van der Waals surface area (Å²) in [7, 11) is 0. The first kappa shape index (κ1) is 23.0. The molecule has 1 fully saturated rings. The van der Waals surface area contributed by atoms with Gasteiger partial charge in [-0.3, -0.25) is 9.78 Å². The van der Waals surface area contributed by atoms with E-state index < -0.39 is 12.1 Å². The highest BCUT2D eigenvalue weighted by molar-refractivity contribution is 5.99. The Balaban J connectivity index is 1.61. The summed E-state index contributed by atoms with van der Waals surface area (Å²) in [6, 6.07) is 10.9. The van der Waals surface area contributed by atoms with E-state index in [1.165, 1.54) is 0 Å². The molecule has 3 aromatic rings. The van der Waals surface area contributed by atoms with Crippen molar-refractivity contribution in [3.8, 4) is 11.3 Å². The fraction of sp³-hybridized carbons (Fsp3) is 0.360. The first-order valence-corrected chi connectivity index (χ1v) is 11.1. The molecule has 8 nitrogen and oxygen atoms in total. The van der Waals surface area contributed by atoms with Crippen LogP contribution in [-0.4, -0.2) is 44.1 Å². The van der Waals surface area contributed by atoms with Gasteiger partial charge in [-0.1, -0.05) is 44.2 Å². The monoisotopic (exact) mass is 447 g/mol. The van der Waals surface area contributed by atoms with Crippen molar-refractivity contribution < 1.29 is 14.6 Å². The number of ether oxygens (including phenoxy) is 1. The average molecular weight is 448 g/mol. The summed E-state index contributed by atoms with van der Waals surface area (Å²) in [4.78, 5) is 26.1. The fourth-order valence-electron chi connectivity index (χ4n) is 4.22. The number of ketones is 1. The zero-order chi connectivity index (χ0) is 23.5. The average Bonchev–Trinajstić information content (AvgIpc) is 2.81. The highest BCUT2D eigenvalue weighted by atomic mass is 16.5. The van der Waals surface area contributed by atoms with Crippen molar-refractivity contribution in [2.45, 2.75) is 51.0 Å². The van der Waals surface area contributed by atoms with Gasteiger partial charge in [0.25, 0.3) is 0 Å². The zero-order valence-corrected chi connectivity index (χ0v) is 18.8. The number of pyridine rings is 1. The van der Waals surface area contributed by atoms with Gasteiger partial charge in [0.2, 0.25) is 0 Å². The molecule has 5 N–H and O–H groups in total. The van der Waals surface area contributed by atoms with Gasteiger partial charge in [-0.25, -0.2) is 9.97 Å². The predicted octanol–water partition coefficient (Wildman–Crippen LogP) is 2.72. The van der Waals surface area contributed by atoms with Crippen LogP contribution in [0.15, 0.2) is 55.0 Å². The van der Waals surface area contributed by atoms with Crippen molar-refractivity contribution in [2.75, 3.05) is 5.73 Å². The van der Waals surface area contributed by atoms with Gasteiger partial charge in [-0.05, 0) is 29.5 Å². The van der Waals surface area contributed by atoms with E-state index >= 15 is 0 Å². The lowest BCUT2D eigenvalue weighted by atomic mass is 9.86. The van der Waals surface area contributed by atoms with Crippen LogP contribution in [0.3, 0.4) is 0 Å². The number of nitrogens with two attached hydrogens (primary N) is 2. The number of carbonyl (C=O) groups is 1. The lowest BCUT2D eigenvalue weighted by Crippen LogP contribution is -2.52. The lowest BCUT2D eigenvalue weighted by Gasteiger charge is -2.40. The summed E-state index contributed by atoms with van der Waals surface area (Å²) in [6.07, 6.45) is 3.90. The standard InChI is InChI=1S/C25H29N5O3/c1-14(2)24-23(32)18(26)11-21(33-24)17-8-9-28-12-16(17)10-20(31)22-25(27)29-13-19(30-22)15-6-4-3-5-7-15/h3-9,12-14,18,21,23-24,32H,10-11,26H2,1-2H3,(H2,27,29)/t18-,21-,23+,24-/m1/s1. The molecular formula is C25H29N5O3. The quantitative estimate of drug-likeness (QED) is 0.491. The molecule has 0 saturated carbocycles. The van der Waals surface area contributed by atoms with Gasteiger partial charge >= 0.3 is 0 Å². The van der Waals surface area contributed by atoms with Crippen molar-refractivity contribution in [1.29, 1.82) is 0 Å². The van der Waals surface area contributed by atoms with Crippen molar-refractivity contribution in [2.24, 2.45) is 11.7 Å². The zero-order valence-electron chi connectivity index (χ0n) is 18.8. The van der Waals surface area contributed by atoms with Crippen LogP contribution in [0.5, 0.6) is 0 Å². The third-order valence-corrected chi connectivity index (χ3v) is 6.01. The first-order valence-electron chi connectivity index (χ1n) is 11.1. The van der Waals surface area contributed by atoms with Crippen LogP contribution in [0.2, 0.25) is 0 Å². The van der Waals surface area contributed by atoms with Gasteiger partial charge in [-0.15, -0.1) is 0 Å². The second-order valence-electron chi connectivity index (χ2n) is 8.75. The number of aliphatic hydroxyl groups is 1. The number of carbonyl (C=O) groups excluding carboxylic acids is 1. The number of aliphatic hydroxyl groups excluding tert-OH is 1. The number of nitrogens with zero attached hydrogens (tertiary/aromatic N) is 3. The van der Waals surface area contributed by atoms with Gasteiger partial charge in [-0.2, -0.15) is 0 Å². The minimum atomic E-state index is -0.732. The molecule has 0 radical (unpaired) electrons. The van der Waals surface area contributed by atoms with Crippen LogP contribution in [0.1, 0.15) is 48.0 Å². The van der Waals surface area contributed by atoms with Gasteiger partial charge in [0.05, 0.1) is 30.2 Å². The van der Waals surface area contributed by atoms with E-state index in [-0.39, 0.29) is 41.8 Å². The number of benzene rings is 1. The largest absolute Gasteiger partial charge is 0.389 e. The third kappa shape index (κ3) is 4.93. The van der Waals surface area contributed by atoms with Crippen LogP contribution in [-0.2, 0) is 11.2 Å². The molecule has 0 unspecified atom stereocenters. The predicted molar refractivity (Wildman–Crippen MR) is 125 cm³/mol. The van der Waals surface area contributed by atoms with Crippen LogP contribution in [0.25, 0.3) is 11.3 Å². The molecule has 2 aromatic heterocycles. The molecule has 3 heterocycles. The lowest BCUT2D eigenvalue weighted by molar-refractivity contribution is -0.145. The number of hydrogen-bond donors (Lipinski definition) is 3. The molecule has 1 aliphatic heterocycles. The number of rotatable bonds is 6. The van der Waals surface area contributed by atoms with Gasteiger partial charge in [0.15, 0.2) is 11.6 Å². The van der Waals surface area contributed by atoms with E-state index in [9.17, 15) is 9.90 Å². The first-order chi connectivity index (χ1) is 15.8. The Morgan fingerprint density at radius 1 is 1.21 bits per heavy atom. The molecule has 4 rings (SSSR count). The van der Waals surface area contributed by atoms with Crippen LogP contribution >= 0.6 is 0 Å². The number of aromatic nitrogens is 3. The Labute approximate surface area is 193 Å². The topological polar surface area (TPSA) is 137 Å². The van der Waals surface area contributed by atoms with E-state index in [4.69, 9.17) is 16.2 Å². The number of Topliss-reactive ketones (excluding diaryl/α,β-unsaturated/α-hetero) is 1. The Hall–Kier alpha value is -3.20. The molecule has 172 valence electrons. The molecule has 1 aliphatic rings. The summed E-state index contributed by atoms with van der Waals surface area (Å²) >= 11 is 0. The molecule has 0 bridgehead atoms. The normalized spacial score (nSPS) is 22.9. The molecule has 1 aromatic carbocycles. The number of nitrogen functional groups attached to an aromatic ring is 1. The minimum absolute atomic E-state index is 0.0459. The Bertz CT molecular complexity index is 1120. The fourth-order valence-corrected chi connectivity index (χ4v) is 4.22. The van der Waals surface area contributed by atoms with E-state index in [1.54, 1.807) is 18.6 Å². The molecule has 1 saturated heterocycles. The van der Waals surface area contributed by atoms with Crippen molar-refractivity contribution in [3.63, 3.8) is 0 Å². The van der Waals surface area contributed by atoms with E-state index in [0.717, 1.165) is 11.1 Å². The van der Waals surface area contributed by atoms with Crippen molar-refractivity contribution in [1.82, 2.24) is 15.0 Å². The summed E-state index contributed by atoms with van der Waals surface area (Å²) in [5.41, 5.74) is 15.3. The van der Waals surface area contributed by atoms with Gasteiger partial charge in [0.1, 0.15) is 5.69 Å². The van der Waals surface area contributed by atoms with Crippen LogP contribution < -0.4 is 11.5 Å². The summed E-state index contributed by atoms with van der Waals surface area (Å²) in [5, 5.41) is 10.4. The summed E-state index contributed by atoms with van der Waals surface area (Å²) in [5.74, 6) is -0.0757. The molecule has 4 atom stereocenters. The molecule has 0 aliphatic carbocycles.